The van der Waals surface area contributed by atoms with Crippen molar-refractivity contribution < 1.29 is 0 Å². The molecule has 0 spiro atoms. The molecule has 0 saturated carbocycles. The van der Waals surface area contributed by atoms with E-state index in [1.165, 1.54) is 22.3 Å². The second-order valence-electron chi connectivity index (χ2n) is 5.53. The Morgan fingerprint density at radius 1 is 0.950 bits per heavy atom. The van der Waals surface area contributed by atoms with Gasteiger partial charge < -0.3 is 5.32 Å². The van der Waals surface area contributed by atoms with Crippen molar-refractivity contribution in [2.75, 3.05) is 0 Å². The lowest BCUT2D eigenvalue weighted by Gasteiger charge is -2.22. The van der Waals surface area contributed by atoms with E-state index in [4.69, 9.17) is 11.6 Å². The minimum Gasteiger partial charge on any atom is -0.304 e. The summed E-state index contributed by atoms with van der Waals surface area (Å²) in [6.45, 7) is 8.68. The molecule has 0 fully saturated rings. The van der Waals surface area contributed by atoms with Gasteiger partial charge in [0.25, 0.3) is 0 Å². The van der Waals surface area contributed by atoms with Crippen LogP contribution in [0.1, 0.15) is 48.2 Å². The molecule has 20 heavy (non-hydrogen) atoms. The maximum Gasteiger partial charge on any atom is 0.0409 e. The molecule has 106 valence electrons. The largest absolute Gasteiger partial charge is 0.304 e. The first-order chi connectivity index (χ1) is 9.47. The van der Waals surface area contributed by atoms with Crippen LogP contribution in [-0.4, -0.2) is 0 Å². The Labute approximate surface area is 127 Å². The fourth-order valence-electron chi connectivity index (χ4n) is 2.56. The van der Waals surface area contributed by atoms with Gasteiger partial charge in [0.2, 0.25) is 0 Å². The molecule has 1 nitrogen and oxygen atoms in total. The number of hydrogen-bond acceptors (Lipinski definition) is 1. The highest BCUT2D eigenvalue weighted by Gasteiger charge is 2.13. The molecule has 1 N–H and O–H groups in total. The zero-order valence-electron chi connectivity index (χ0n) is 12.6. The summed E-state index contributed by atoms with van der Waals surface area (Å²) in [6, 6.07) is 15.2. The van der Waals surface area contributed by atoms with Crippen molar-refractivity contribution in [3.05, 3.63) is 69.7 Å². The normalized spacial score (nSPS) is 14.1. The Morgan fingerprint density at radius 2 is 1.70 bits per heavy atom. The molecular formula is C18H22ClN. The lowest BCUT2D eigenvalue weighted by molar-refractivity contribution is 0.493. The predicted molar refractivity (Wildman–Crippen MR) is 87.3 cm³/mol. The summed E-state index contributed by atoms with van der Waals surface area (Å²) in [5.41, 5.74) is 5.21. The highest BCUT2D eigenvalue weighted by atomic mass is 35.5. The molecule has 2 heteroatoms. The van der Waals surface area contributed by atoms with E-state index in [0.717, 1.165) is 5.02 Å². The van der Waals surface area contributed by atoms with Crippen LogP contribution in [0.5, 0.6) is 0 Å². The SMILES string of the molecule is Cc1ccc(C)c(C(C)NC(C)c2cccc(Cl)c2)c1. The Bertz CT molecular complexity index is 592. The van der Waals surface area contributed by atoms with Crippen molar-refractivity contribution in [1.29, 1.82) is 0 Å². The fraction of sp³-hybridized carbons (Fsp3) is 0.333. The van der Waals surface area contributed by atoms with Gasteiger partial charge in [-0.2, -0.15) is 0 Å². The minimum absolute atomic E-state index is 0.267. The molecule has 0 aromatic heterocycles. The number of benzene rings is 2. The highest BCUT2D eigenvalue weighted by Crippen LogP contribution is 2.24. The molecule has 0 amide bonds. The van der Waals surface area contributed by atoms with Crippen molar-refractivity contribution in [1.82, 2.24) is 5.32 Å². The third-order valence-corrected chi connectivity index (χ3v) is 3.99. The van der Waals surface area contributed by atoms with Gasteiger partial charge in [-0.3, -0.25) is 0 Å². The Balaban J connectivity index is 2.15. The van der Waals surface area contributed by atoms with Crippen LogP contribution in [0.4, 0.5) is 0 Å². The van der Waals surface area contributed by atoms with Gasteiger partial charge in [0.1, 0.15) is 0 Å². The Hall–Kier alpha value is -1.31. The van der Waals surface area contributed by atoms with E-state index in [1.807, 2.05) is 18.2 Å². The molecule has 0 saturated heterocycles. The third-order valence-electron chi connectivity index (χ3n) is 3.75. The van der Waals surface area contributed by atoms with Crippen LogP contribution < -0.4 is 5.32 Å². The number of rotatable bonds is 4. The highest BCUT2D eigenvalue weighted by molar-refractivity contribution is 6.30. The van der Waals surface area contributed by atoms with Crippen LogP contribution in [0.2, 0.25) is 5.02 Å². The van der Waals surface area contributed by atoms with Crippen molar-refractivity contribution in [2.24, 2.45) is 0 Å². The minimum atomic E-state index is 0.267. The first-order valence-corrected chi connectivity index (χ1v) is 7.44. The zero-order valence-corrected chi connectivity index (χ0v) is 13.3. The van der Waals surface area contributed by atoms with Gasteiger partial charge in [-0.05, 0) is 56.5 Å². The van der Waals surface area contributed by atoms with Crippen molar-refractivity contribution in [2.45, 2.75) is 39.8 Å². The van der Waals surface area contributed by atoms with E-state index in [9.17, 15) is 0 Å². The topological polar surface area (TPSA) is 12.0 Å². The second-order valence-corrected chi connectivity index (χ2v) is 5.96. The van der Waals surface area contributed by atoms with Gasteiger partial charge in [-0.15, -0.1) is 0 Å². The van der Waals surface area contributed by atoms with Gasteiger partial charge in [0.05, 0.1) is 0 Å². The molecule has 0 bridgehead atoms. The number of halogens is 1. The van der Waals surface area contributed by atoms with Crippen LogP contribution in [0.25, 0.3) is 0 Å². The number of hydrogen-bond donors (Lipinski definition) is 1. The molecular weight excluding hydrogens is 266 g/mol. The van der Waals surface area contributed by atoms with Crippen molar-refractivity contribution in [3.8, 4) is 0 Å². The zero-order chi connectivity index (χ0) is 14.7. The lowest BCUT2D eigenvalue weighted by Crippen LogP contribution is -2.23. The average molecular weight is 288 g/mol. The summed E-state index contributed by atoms with van der Waals surface area (Å²) in [4.78, 5) is 0. The van der Waals surface area contributed by atoms with Crippen LogP contribution in [0.3, 0.4) is 0 Å². The molecule has 2 rings (SSSR count). The van der Waals surface area contributed by atoms with Crippen LogP contribution in [0, 0.1) is 13.8 Å². The fourth-order valence-corrected chi connectivity index (χ4v) is 2.76. The average Bonchev–Trinajstić information content (AvgIpc) is 2.41. The van der Waals surface area contributed by atoms with Gasteiger partial charge in [0.15, 0.2) is 0 Å². The van der Waals surface area contributed by atoms with Crippen LogP contribution in [0.15, 0.2) is 42.5 Å². The molecule has 2 aromatic carbocycles. The summed E-state index contributed by atoms with van der Waals surface area (Å²) in [6.07, 6.45) is 0. The van der Waals surface area contributed by atoms with Gasteiger partial charge >= 0.3 is 0 Å². The van der Waals surface area contributed by atoms with Gasteiger partial charge in [-0.1, -0.05) is 47.5 Å². The number of nitrogens with one attached hydrogen (secondary N) is 1. The quantitative estimate of drug-likeness (QED) is 0.797. The molecule has 0 aliphatic carbocycles. The summed E-state index contributed by atoms with van der Waals surface area (Å²) in [5.74, 6) is 0. The van der Waals surface area contributed by atoms with Crippen LogP contribution in [-0.2, 0) is 0 Å². The monoisotopic (exact) mass is 287 g/mol. The summed E-state index contributed by atoms with van der Waals surface area (Å²) in [7, 11) is 0. The Morgan fingerprint density at radius 3 is 2.40 bits per heavy atom. The standard InChI is InChI=1S/C18H22ClN/c1-12-8-9-13(2)18(10-12)15(4)20-14(3)16-6-5-7-17(19)11-16/h5-11,14-15,20H,1-4H3. The number of aryl methyl sites for hydroxylation is 2. The van der Waals surface area contributed by atoms with E-state index in [1.54, 1.807) is 0 Å². The van der Waals surface area contributed by atoms with E-state index in [2.05, 4.69) is 57.3 Å². The molecule has 2 aromatic rings. The van der Waals surface area contributed by atoms with Crippen molar-refractivity contribution >= 4 is 11.6 Å². The molecule has 0 radical (unpaired) electrons. The molecule has 0 aliphatic heterocycles. The van der Waals surface area contributed by atoms with Crippen LogP contribution >= 0.6 is 11.6 Å². The molecule has 0 aliphatic rings. The van der Waals surface area contributed by atoms with E-state index < -0.39 is 0 Å². The first kappa shape index (κ1) is 15.1. The smallest absolute Gasteiger partial charge is 0.0409 e. The third kappa shape index (κ3) is 3.62. The van der Waals surface area contributed by atoms with Gasteiger partial charge in [-0.25, -0.2) is 0 Å². The Kier molecular flexibility index (Phi) is 4.85. The first-order valence-electron chi connectivity index (χ1n) is 7.06. The maximum atomic E-state index is 6.06. The van der Waals surface area contributed by atoms with E-state index in [0.29, 0.717) is 6.04 Å². The summed E-state index contributed by atoms with van der Waals surface area (Å²) < 4.78 is 0. The molecule has 2 unspecified atom stereocenters. The summed E-state index contributed by atoms with van der Waals surface area (Å²) >= 11 is 6.06. The summed E-state index contributed by atoms with van der Waals surface area (Å²) in [5, 5.41) is 4.44. The lowest BCUT2D eigenvalue weighted by atomic mass is 9.98. The van der Waals surface area contributed by atoms with Crippen molar-refractivity contribution in [3.63, 3.8) is 0 Å². The van der Waals surface area contributed by atoms with Gasteiger partial charge in [0, 0.05) is 17.1 Å². The second kappa shape index (κ2) is 6.43. The van der Waals surface area contributed by atoms with E-state index >= 15 is 0 Å². The molecule has 2 atom stereocenters. The van der Waals surface area contributed by atoms with E-state index in [-0.39, 0.29) is 6.04 Å². The predicted octanol–water partition coefficient (Wildman–Crippen LogP) is 5.37. The maximum absolute atomic E-state index is 6.06. The molecule has 0 heterocycles.